The van der Waals surface area contributed by atoms with Gasteiger partial charge in [0.25, 0.3) is 0 Å². The first-order valence-electron chi connectivity index (χ1n) is 5.16. The number of anilines is 2. The van der Waals surface area contributed by atoms with E-state index in [4.69, 9.17) is 0 Å². The van der Waals surface area contributed by atoms with Crippen LogP contribution in [0.25, 0.3) is 0 Å². The molecule has 16 heavy (non-hydrogen) atoms. The lowest BCUT2D eigenvalue weighted by Gasteiger charge is -2.21. The first-order chi connectivity index (χ1) is 7.58. The van der Waals surface area contributed by atoms with Crippen LogP contribution in [-0.4, -0.2) is 34.8 Å². The molecule has 6 heteroatoms. The lowest BCUT2D eigenvalue weighted by atomic mass is 10.1. The van der Waals surface area contributed by atoms with Gasteiger partial charge in [0, 0.05) is 13.2 Å². The third kappa shape index (κ3) is 3.31. The van der Waals surface area contributed by atoms with Crippen LogP contribution in [0.2, 0.25) is 0 Å². The van der Waals surface area contributed by atoms with Gasteiger partial charge in [0.1, 0.15) is 5.82 Å². The number of aliphatic hydroxyl groups excluding tert-OH is 1. The summed E-state index contributed by atoms with van der Waals surface area (Å²) in [4.78, 5) is 8.33. The van der Waals surface area contributed by atoms with Crippen molar-refractivity contribution in [3.05, 3.63) is 10.7 Å². The highest BCUT2D eigenvalue weighted by Gasteiger charge is 2.14. The molecule has 1 aromatic heterocycles. The van der Waals surface area contributed by atoms with Crippen LogP contribution < -0.4 is 10.6 Å². The molecule has 0 amide bonds. The third-order valence-corrected chi connectivity index (χ3v) is 2.87. The molecule has 0 radical (unpaired) electrons. The van der Waals surface area contributed by atoms with Crippen LogP contribution in [0.15, 0.2) is 10.7 Å². The van der Waals surface area contributed by atoms with E-state index in [-0.39, 0.29) is 12.6 Å². The maximum Gasteiger partial charge on any atom is 0.224 e. The van der Waals surface area contributed by atoms with E-state index < -0.39 is 0 Å². The molecule has 0 bridgehead atoms. The van der Waals surface area contributed by atoms with Crippen molar-refractivity contribution in [2.24, 2.45) is 5.92 Å². The summed E-state index contributed by atoms with van der Waals surface area (Å²) in [6.45, 7) is 4.16. The number of hydrogen-bond acceptors (Lipinski definition) is 5. The number of rotatable bonds is 5. The van der Waals surface area contributed by atoms with Gasteiger partial charge in [-0.3, -0.25) is 0 Å². The first-order valence-corrected chi connectivity index (χ1v) is 5.95. The second-order valence-corrected chi connectivity index (χ2v) is 4.67. The van der Waals surface area contributed by atoms with Crippen molar-refractivity contribution < 1.29 is 5.11 Å². The number of nitrogens with zero attached hydrogens (tertiary/aromatic N) is 2. The Labute approximate surface area is 104 Å². The molecular weight excluding hydrogens is 272 g/mol. The number of aromatic nitrogens is 2. The van der Waals surface area contributed by atoms with E-state index in [0.29, 0.717) is 17.7 Å². The summed E-state index contributed by atoms with van der Waals surface area (Å²) in [5, 5.41) is 15.3. The Morgan fingerprint density at radius 3 is 2.69 bits per heavy atom. The van der Waals surface area contributed by atoms with Crippen LogP contribution in [0.5, 0.6) is 0 Å². The zero-order chi connectivity index (χ0) is 12.1. The SMILES string of the molecule is CNc1ncc(Br)c(N[C@H](CO)C(C)C)n1. The summed E-state index contributed by atoms with van der Waals surface area (Å²) >= 11 is 3.37. The molecule has 0 fully saturated rings. The van der Waals surface area contributed by atoms with Crippen molar-refractivity contribution in [3.63, 3.8) is 0 Å². The van der Waals surface area contributed by atoms with E-state index in [2.05, 4.69) is 36.5 Å². The molecule has 0 unspecified atom stereocenters. The smallest absolute Gasteiger partial charge is 0.224 e. The monoisotopic (exact) mass is 288 g/mol. The molecular formula is C10H17BrN4O. The van der Waals surface area contributed by atoms with Gasteiger partial charge in [-0.2, -0.15) is 4.98 Å². The molecule has 0 aliphatic heterocycles. The van der Waals surface area contributed by atoms with E-state index in [0.717, 1.165) is 4.47 Å². The van der Waals surface area contributed by atoms with Gasteiger partial charge in [-0.15, -0.1) is 0 Å². The minimum Gasteiger partial charge on any atom is -0.394 e. The zero-order valence-electron chi connectivity index (χ0n) is 9.66. The molecule has 1 rings (SSSR count). The highest BCUT2D eigenvalue weighted by molar-refractivity contribution is 9.10. The summed E-state index contributed by atoms with van der Waals surface area (Å²) in [6.07, 6.45) is 1.68. The van der Waals surface area contributed by atoms with Crippen molar-refractivity contribution >= 4 is 27.7 Å². The predicted octanol–water partition coefficient (Wildman–Crippen LogP) is 1.71. The van der Waals surface area contributed by atoms with Crippen molar-refractivity contribution in [2.75, 3.05) is 24.3 Å². The van der Waals surface area contributed by atoms with E-state index in [1.807, 2.05) is 13.8 Å². The largest absolute Gasteiger partial charge is 0.394 e. The van der Waals surface area contributed by atoms with Crippen molar-refractivity contribution in [2.45, 2.75) is 19.9 Å². The van der Waals surface area contributed by atoms with Crippen LogP contribution in [-0.2, 0) is 0 Å². The van der Waals surface area contributed by atoms with Gasteiger partial charge >= 0.3 is 0 Å². The van der Waals surface area contributed by atoms with Gasteiger partial charge in [-0.1, -0.05) is 13.8 Å². The summed E-state index contributed by atoms with van der Waals surface area (Å²) < 4.78 is 0.783. The zero-order valence-corrected chi connectivity index (χ0v) is 11.2. The third-order valence-electron chi connectivity index (χ3n) is 2.29. The van der Waals surface area contributed by atoms with E-state index >= 15 is 0 Å². The van der Waals surface area contributed by atoms with E-state index in [1.165, 1.54) is 0 Å². The molecule has 0 aromatic carbocycles. The second kappa shape index (κ2) is 6.00. The molecule has 1 heterocycles. The number of aliphatic hydroxyl groups is 1. The lowest BCUT2D eigenvalue weighted by Crippen LogP contribution is -2.30. The van der Waals surface area contributed by atoms with Crippen LogP contribution in [0.4, 0.5) is 11.8 Å². The second-order valence-electron chi connectivity index (χ2n) is 3.82. The average Bonchev–Trinajstić information content (AvgIpc) is 2.27. The Kier molecular flexibility index (Phi) is 4.95. The highest BCUT2D eigenvalue weighted by Crippen LogP contribution is 2.21. The summed E-state index contributed by atoms with van der Waals surface area (Å²) in [7, 11) is 1.76. The van der Waals surface area contributed by atoms with Crippen LogP contribution in [0.3, 0.4) is 0 Å². The number of hydrogen-bond donors (Lipinski definition) is 3. The Balaban J connectivity index is 2.86. The van der Waals surface area contributed by atoms with Gasteiger partial charge in [-0.05, 0) is 21.8 Å². The minimum atomic E-state index is -0.0177. The molecule has 0 saturated heterocycles. The fourth-order valence-electron chi connectivity index (χ4n) is 1.19. The molecule has 90 valence electrons. The van der Waals surface area contributed by atoms with Gasteiger partial charge in [0.2, 0.25) is 5.95 Å². The summed E-state index contributed by atoms with van der Waals surface area (Å²) in [5.74, 6) is 1.56. The molecule has 0 saturated carbocycles. The molecule has 0 aliphatic carbocycles. The van der Waals surface area contributed by atoms with Gasteiger partial charge < -0.3 is 15.7 Å². The highest BCUT2D eigenvalue weighted by atomic mass is 79.9. The maximum absolute atomic E-state index is 9.24. The Bertz CT molecular complexity index is 346. The van der Waals surface area contributed by atoms with Crippen LogP contribution >= 0.6 is 15.9 Å². The molecule has 1 atom stereocenters. The Morgan fingerprint density at radius 1 is 1.50 bits per heavy atom. The molecule has 3 N–H and O–H groups in total. The predicted molar refractivity (Wildman–Crippen MR) is 68.6 cm³/mol. The molecule has 1 aromatic rings. The molecule has 5 nitrogen and oxygen atoms in total. The van der Waals surface area contributed by atoms with Crippen LogP contribution in [0, 0.1) is 5.92 Å². The normalized spacial score (nSPS) is 12.6. The number of nitrogens with one attached hydrogen (secondary N) is 2. The van der Waals surface area contributed by atoms with E-state index in [9.17, 15) is 5.11 Å². The quantitative estimate of drug-likeness (QED) is 0.770. The summed E-state index contributed by atoms with van der Waals surface area (Å²) in [5.41, 5.74) is 0. The Hall–Kier alpha value is -0.880. The van der Waals surface area contributed by atoms with E-state index in [1.54, 1.807) is 13.2 Å². The first kappa shape index (κ1) is 13.2. The Morgan fingerprint density at radius 2 is 2.19 bits per heavy atom. The molecule has 0 aliphatic rings. The van der Waals surface area contributed by atoms with Gasteiger partial charge in [-0.25, -0.2) is 4.98 Å². The number of halogens is 1. The lowest BCUT2D eigenvalue weighted by molar-refractivity contribution is 0.249. The topological polar surface area (TPSA) is 70.1 Å². The van der Waals surface area contributed by atoms with Crippen molar-refractivity contribution in [1.29, 1.82) is 0 Å². The average molecular weight is 289 g/mol. The standard InChI is InChI=1S/C10H17BrN4O/c1-6(2)8(5-16)14-9-7(11)4-13-10(12-3)15-9/h4,6,8,16H,5H2,1-3H3,(H2,12,13,14,15)/t8-/m1/s1. The van der Waals surface area contributed by atoms with Crippen molar-refractivity contribution in [1.82, 2.24) is 9.97 Å². The summed E-state index contributed by atoms with van der Waals surface area (Å²) in [6, 6.07) is -0.0177. The maximum atomic E-state index is 9.24. The van der Waals surface area contributed by atoms with Crippen molar-refractivity contribution in [3.8, 4) is 0 Å². The fourth-order valence-corrected chi connectivity index (χ4v) is 1.49. The fraction of sp³-hybridized carbons (Fsp3) is 0.600. The van der Waals surface area contributed by atoms with Gasteiger partial charge in [0.05, 0.1) is 17.1 Å². The molecule has 0 spiro atoms. The van der Waals surface area contributed by atoms with Crippen LogP contribution in [0.1, 0.15) is 13.8 Å². The van der Waals surface area contributed by atoms with Gasteiger partial charge in [0.15, 0.2) is 0 Å². The minimum absolute atomic E-state index is 0.0177.